The van der Waals surface area contributed by atoms with E-state index in [-0.39, 0.29) is 17.3 Å². The molecule has 1 amide bonds. The second kappa shape index (κ2) is 7.19. The number of hydrogen-bond donors (Lipinski definition) is 1. The van der Waals surface area contributed by atoms with Crippen LogP contribution in [-0.4, -0.2) is 24.4 Å². The number of benzene rings is 1. The van der Waals surface area contributed by atoms with E-state index in [1.165, 1.54) is 13.5 Å². The van der Waals surface area contributed by atoms with E-state index in [1.807, 2.05) is 0 Å². The maximum absolute atomic E-state index is 12.4. The van der Waals surface area contributed by atoms with Gasteiger partial charge in [0.25, 0.3) is 5.91 Å². The number of amides is 1. The van der Waals surface area contributed by atoms with Crippen molar-refractivity contribution < 1.29 is 9.53 Å². The standard InChI is InChI=1S/C15H19Cl2NO2/c1-20-14-8-7-10(16)9-11(14)15(19)18-13-6-4-2-3-5-12(13)17/h7-9,12-13H,2-6H2,1H3,(H,18,19). The Balaban J connectivity index is 2.12. The Morgan fingerprint density at radius 2 is 2.05 bits per heavy atom. The lowest BCUT2D eigenvalue weighted by Gasteiger charge is -2.21. The minimum atomic E-state index is -0.179. The minimum absolute atomic E-state index is 0.00775. The van der Waals surface area contributed by atoms with E-state index < -0.39 is 0 Å². The monoisotopic (exact) mass is 315 g/mol. The van der Waals surface area contributed by atoms with Crippen LogP contribution < -0.4 is 10.1 Å². The van der Waals surface area contributed by atoms with Crippen LogP contribution >= 0.6 is 23.2 Å². The van der Waals surface area contributed by atoms with Crippen LogP contribution in [0.1, 0.15) is 42.5 Å². The summed E-state index contributed by atoms with van der Waals surface area (Å²) in [5, 5.41) is 3.52. The highest BCUT2D eigenvalue weighted by Crippen LogP contribution is 2.25. The lowest BCUT2D eigenvalue weighted by atomic mass is 10.1. The fourth-order valence-electron chi connectivity index (χ4n) is 2.53. The summed E-state index contributed by atoms with van der Waals surface area (Å²) in [5.74, 6) is 0.341. The quantitative estimate of drug-likeness (QED) is 0.676. The van der Waals surface area contributed by atoms with Crippen molar-refractivity contribution >= 4 is 29.1 Å². The number of alkyl halides is 1. The van der Waals surface area contributed by atoms with E-state index in [0.717, 1.165) is 25.7 Å². The maximum atomic E-state index is 12.4. The lowest BCUT2D eigenvalue weighted by Crippen LogP contribution is -2.40. The third-order valence-corrected chi connectivity index (χ3v) is 4.41. The molecule has 0 heterocycles. The smallest absolute Gasteiger partial charge is 0.255 e. The first kappa shape index (κ1) is 15.5. The van der Waals surface area contributed by atoms with Gasteiger partial charge in [-0.15, -0.1) is 11.6 Å². The molecule has 2 rings (SSSR count). The fourth-order valence-corrected chi connectivity index (χ4v) is 3.04. The molecule has 1 aromatic rings. The van der Waals surface area contributed by atoms with Gasteiger partial charge in [0.2, 0.25) is 0 Å². The molecule has 0 radical (unpaired) electrons. The SMILES string of the molecule is COc1ccc(Cl)cc1C(=O)NC1CCCCCC1Cl. The van der Waals surface area contributed by atoms with Crippen molar-refractivity contribution in [3.63, 3.8) is 0 Å². The third-order valence-electron chi connectivity index (χ3n) is 3.65. The molecule has 0 aliphatic heterocycles. The van der Waals surface area contributed by atoms with Crippen molar-refractivity contribution in [1.82, 2.24) is 5.32 Å². The lowest BCUT2D eigenvalue weighted by molar-refractivity contribution is 0.0931. The van der Waals surface area contributed by atoms with Crippen molar-refractivity contribution in [1.29, 1.82) is 0 Å². The Hall–Kier alpha value is -0.930. The first-order chi connectivity index (χ1) is 9.61. The maximum Gasteiger partial charge on any atom is 0.255 e. The number of ether oxygens (including phenoxy) is 1. The van der Waals surface area contributed by atoms with Crippen LogP contribution in [-0.2, 0) is 0 Å². The number of carbonyl (C=O) groups excluding carboxylic acids is 1. The number of halogens is 2. The largest absolute Gasteiger partial charge is 0.496 e. The van der Waals surface area contributed by atoms with Crippen molar-refractivity contribution in [2.75, 3.05) is 7.11 Å². The molecule has 1 aromatic carbocycles. The van der Waals surface area contributed by atoms with E-state index >= 15 is 0 Å². The molecule has 2 unspecified atom stereocenters. The van der Waals surface area contributed by atoms with Gasteiger partial charge >= 0.3 is 0 Å². The van der Waals surface area contributed by atoms with Crippen LogP contribution in [0.3, 0.4) is 0 Å². The van der Waals surface area contributed by atoms with Gasteiger partial charge in [0.15, 0.2) is 0 Å². The zero-order chi connectivity index (χ0) is 14.5. The van der Waals surface area contributed by atoms with Crippen molar-refractivity contribution in [2.45, 2.75) is 43.5 Å². The Bertz CT molecular complexity index is 479. The van der Waals surface area contributed by atoms with Crippen molar-refractivity contribution in [3.05, 3.63) is 28.8 Å². The molecule has 1 N–H and O–H groups in total. The van der Waals surface area contributed by atoms with Gasteiger partial charge in [-0.3, -0.25) is 4.79 Å². The van der Waals surface area contributed by atoms with Gasteiger partial charge in [-0.05, 0) is 31.0 Å². The number of carbonyl (C=O) groups is 1. The molecule has 0 aromatic heterocycles. The Labute approximate surface area is 129 Å². The van der Waals surface area contributed by atoms with E-state index in [2.05, 4.69) is 5.32 Å². The number of nitrogens with one attached hydrogen (secondary N) is 1. The van der Waals surface area contributed by atoms with Crippen LogP contribution in [0.5, 0.6) is 5.75 Å². The van der Waals surface area contributed by atoms with Crippen LogP contribution in [0.25, 0.3) is 0 Å². The summed E-state index contributed by atoms with van der Waals surface area (Å²) < 4.78 is 5.21. The Morgan fingerprint density at radius 3 is 2.80 bits per heavy atom. The van der Waals surface area contributed by atoms with E-state index in [4.69, 9.17) is 27.9 Å². The highest BCUT2D eigenvalue weighted by Gasteiger charge is 2.24. The molecule has 1 aliphatic rings. The highest BCUT2D eigenvalue weighted by atomic mass is 35.5. The zero-order valence-corrected chi connectivity index (χ0v) is 13.0. The summed E-state index contributed by atoms with van der Waals surface area (Å²) in [4.78, 5) is 12.4. The molecule has 20 heavy (non-hydrogen) atoms. The van der Waals surface area contributed by atoms with Crippen molar-refractivity contribution in [2.24, 2.45) is 0 Å². The molecule has 1 saturated carbocycles. The van der Waals surface area contributed by atoms with Crippen LogP contribution in [0.15, 0.2) is 18.2 Å². The van der Waals surface area contributed by atoms with Gasteiger partial charge in [0.05, 0.1) is 18.1 Å². The van der Waals surface area contributed by atoms with Gasteiger partial charge < -0.3 is 10.1 Å². The van der Waals surface area contributed by atoms with Crippen molar-refractivity contribution in [3.8, 4) is 5.75 Å². The highest BCUT2D eigenvalue weighted by molar-refractivity contribution is 6.31. The molecular formula is C15H19Cl2NO2. The Morgan fingerprint density at radius 1 is 1.30 bits per heavy atom. The second-order valence-corrected chi connectivity index (χ2v) is 6.08. The average Bonchev–Trinajstić information content (AvgIpc) is 2.64. The molecule has 110 valence electrons. The predicted octanol–water partition coefficient (Wildman–Crippen LogP) is 4.02. The van der Waals surface area contributed by atoms with Crippen LogP contribution in [0.4, 0.5) is 0 Å². The molecule has 1 fully saturated rings. The third kappa shape index (κ3) is 3.80. The van der Waals surface area contributed by atoms with Crippen LogP contribution in [0, 0.1) is 0 Å². The van der Waals surface area contributed by atoms with Crippen LogP contribution in [0.2, 0.25) is 5.02 Å². The zero-order valence-electron chi connectivity index (χ0n) is 11.5. The summed E-state index contributed by atoms with van der Waals surface area (Å²) in [5.41, 5.74) is 0.452. The van der Waals surface area contributed by atoms with Gasteiger partial charge in [-0.25, -0.2) is 0 Å². The molecule has 0 saturated heterocycles. The average molecular weight is 316 g/mol. The molecule has 0 spiro atoms. The summed E-state index contributed by atoms with van der Waals surface area (Å²) >= 11 is 12.3. The van der Waals surface area contributed by atoms with E-state index in [1.54, 1.807) is 18.2 Å². The van der Waals surface area contributed by atoms with E-state index in [0.29, 0.717) is 16.3 Å². The minimum Gasteiger partial charge on any atom is -0.496 e. The van der Waals surface area contributed by atoms with Gasteiger partial charge in [0, 0.05) is 11.1 Å². The van der Waals surface area contributed by atoms with Gasteiger partial charge in [-0.2, -0.15) is 0 Å². The summed E-state index contributed by atoms with van der Waals surface area (Å²) in [6, 6.07) is 5.03. The molecule has 3 nitrogen and oxygen atoms in total. The number of hydrogen-bond acceptors (Lipinski definition) is 2. The fraction of sp³-hybridized carbons (Fsp3) is 0.533. The number of methoxy groups -OCH3 is 1. The summed E-state index contributed by atoms with van der Waals surface area (Å²) in [7, 11) is 1.54. The molecule has 0 bridgehead atoms. The molecule has 2 atom stereocenters. The summed E-state index contributed by atoms with van der Waals surface area (Å²) in [6.07, 6.45) is 5.26. The second-order valence-electron chi connectivity index (χ2n) is 5.08. The molecule has 1 aliphatic carbocycles. The molecule has 5 heteroatoms. The van der Waals surface area contributed by atoms with Gasteiger partial charge in [0.1, 0.15) is 5.75 Å². The normalized spacial score (nSPS) is 22.9. The molecular weight excluding hydrogens is 297 g/mol. The first-order valence-corrected chi connectivity index (χ1v) is 7.71. The predicted molar refractivity (Wildman–Crippen MR) is 82.0 cm³/mol. The van der Waals surface area contributed by atoms with Gasteiger partial charge in [-0.1, -0.05) is 30.9 Å². The topological polar surface area (TPSA) is 38.3 Å². The Kier molecular flexibility index (Phi) is 5.55. The number of rotatable bonds is 3. The summed E-state index contributed by atoms with van der Waals surface area (Å²) in [6.45, 7) is 0. The van der Waals surface area contributed by atoms with E-state index in [9.17, 15) is 4.79 Å². The first-order valence-electron chi connectivity index (χ1n) is 6.90.